The van der Waals surface area contributed by atoms with Crippen molar-refractivity contribution in [3.05, 3.63) is 59.2 Å². The van der Waals surface area contributed by atoms with Crippen molar-refractivity contribution < 1.29 is 9.84 Å². The topological polar surface area (TPSA) is 69.1 Å². The Kier molecular flexibility index (Phi) is 9.03. The summed E-state index contributed by atoms with van der Waals surface area (Å²) in [5, 5.41) is 16.9. The number of phenolic OH excluding ortho intramolecular Hbond substituents is 1. The van der Waals surface area contributed by atoms with Crippen molar-refractivity contribution in [1.82, 2.24) is 15.5 Å². The predicted octanol–water partition coefficient (Wildman–Crippen LogP) is 3.68. The summed E-state index contributed by atoms with van der Waals surface area (Å²) >= 11 is 0. The zero-order chi connectivity index (χ0) is 21.9. The highest BCUT2D eigenvalue weighted by molar-refractivity contribution is 5.79. The molecule has 0 saturated carbocycles. The number of nitrogens with zero attached hydrogens (tertiary/aromatic N) is 2. The molecule has 1 heterocycles. The molecule has 6 heteroatoms. The van der Waals surface area contributed by atoms with Gasteiger partial charge in [-0.25, -0.2) is 4.99 Å². The van der Waals surface area contributed by atoms with Crippen LogP contribution in [0, 0.1) is 0 Å². The summed E-state index contributed by atoms with van der Waals surface area (Å²) in [7, 11) is 1.56. The number of benzene rings is 2. The number of likely N-dealkylation sites (tertiary alicyclic amines) is 1. The summed E-state index contributed by atoms with van der Waals surface area (Å²) in [4.78, 5) is 7.26. The molecule has 1 fully saturated rings. The van der Waals surface area contributed by atoms with E-state index in [0.29, 0.717) is 25.3 Å². The molecule has 0 unspecified atom stereocenters. The van der Waals surface area contributed by atoms with E-state index >= 15 is 0 Å². The zero-order valence-corrected chi connectivity index (χ0v) is 18.9. The number of hydrogen-bond acceptors (Lipinski definition) is 4. The standard InChI is InChI=1S/C25H36N4O2/c1-3-26-25(27-15-14-22-8-7-9-23(31-2)24(22)30)28-18-20-10-12-21(13-11-20)19-29-16-5-4-6-17-29/h7-13,30H,3-6,14-19H2,1-2H3,(H2,26,27,28). The van der Waals surface area contributed by atoms with Crippen molar-refractivity contribution in [2.75, 3.05) is 33.3 Å². The predicted molar refractivity (Wildman–Crippen MR) is 127 cm³/mol. The quantitative estimate of drug-likeness (QED) is 0.423. The van der Waals surface area contributed by atoms with Crippen LogP contribution in [-0.2, 0) is 19.5 Å². The Hall–Kier alpha value is -2.73. The highest BCUT2D eigenvalue weighted by atomic mass is 16.5. The number of hydrogen-bond donors (Lipinski definition) is 3. The van der Waals surface area contributed by atoms with Crippen molar-refractivity contribution in [3.8, 4) is 11.5 Å². The van der Waals surface area contributed by atoms with Gasteiger partial charge in [-0.15, -0.1) is 0 Å². The molecule has 0 bridgehead atoms. The maximum atomic E-state index is 10.2. The van der Waals surface area contributed by atoms with Crippen molar-refractivity contribution in [2.45, 2.75) is 45.7 Å². The lowest BCUT2D eigenvalue weighted by Crippen LogP contribution is -2.38. The Balaban J connectivity index is 1.50. The van der Waals surface area contributed by atoms with Crippen molar-refractivity contribution in [3.63, 3.8) is 0 Å². The molecule has 168 valence electrons. The second-order valence-corrected chi connectivity index (χ2v) is 7.99. The van der Waals surface area contributed by atoms with Gasteiger partial charge < -0.3 is 20.5 Å². The van der Waals surface area contributed by atoms with Gasteiger partial charge in [0.2, 0.25) is 0 Å². The zero-order valence-electron chi connectivity index (χ0n) is 18.9. The molecule has 0 aromatic heterocycles. The van der Waals surface area contributed by atoms with Crippen LogP contribution >= 0.6 is 0 Å². The second-order valence-electron chi connectivity index (χ2n) is 7.99. The van der Waals surface area contributed by atoms with Crippen LogP contribution < -0.4 is 15.4 Å². The third kappa shape index (κ3) is 7.17. The van der Waals surface area contributed by atoms with Crippen LogP contribution in [0.15, 0.2) is 47.5 Å². The summed E-state index contributed by atoms with van der Waals surface area (Å²) in [5.74, 6) is 1.49. The maximum absolute atomic E-state index is 10.2. The van der Waals surface area contributed by atoms with Crippen molar-refractivity contribution in [2.24, 2.45) is 4.99 Å². The van der Waals surface area contributed by atoms with Gasteiger partial charge in [0.1, 0.15) is 0 Å². The molecule has 0 aliphatic carbocycles. The Morgan fingerprint density at radius 1 is 1.03 bits per heavy atom. The Labute approximate surface area is 186 Å². The van der Waals surface area contributed by atoms with Gasteiger partial charge in [0.05, 0.1) is 13.7 Å². The number of ether oxygens (including phenoxy) is 1. The van der Waals surface area contributed by atoms with Gasteiger partial charge in [0.25, 0.3) is 0 Å². The molecule has 3 N–H and O–H groups in total. The molecular weight excluding hydrogens is 388 g/mol. The Morgan fingerprint density at radius 2 is 1.77 bits per heavy atom. The number of piperidine rings is 1. The smallest absolute Gasteiger partial charge is 0.191 e. The van der Waals surface area contributed by atoms with Crippen LogP contribution in [0.4, 0.5) is 0 Å². The molecule has 3 rings (SSSR count). The molecule has 1 saturated heterocycles. The molecule has 2 aromatic carbocycles. The SMILES string of the molecule is CCNC(=NCc1ccc(CN2CCCCC2)cc1)NCCc1cccc(OC)c1O. The Morgan fingerprint density at radius 3 is 2.48 bits per heavy atom. The van der Waals surface area contributed by atoms with E-state index in [-0.39, 0.29) is 5.75 Å². The minimum Gasteiger partial charge on any atom is -0.504 e. The number of guanidine groups is 1. The van der Waals surface area contributed by atoms with Gasteiger partial charge in [-0.2, -0.15) is 0 Å². The number of aromatic hydroxyl groups is 1. The molecule has 31 heavy (non-hydrogen) atoms. The minimum absolute atomic E-state index is 0.207. The van der Waals surface area contributed by atoms with E-state index in [4.69, 9.17) is 9.73 Å². The molecule has 0 spiro atoms. The fraction of sp³-hybridized carbons (Fsp3) is 0.480. The van der Waals surface area contributed by atoms with Gasteiger partial charge >= 0.3 is 0 Å². The van der Waals surface area contributed by atoms with Gasteiger partial charge in [0.15, 0.2) is 17.5 Å². The van der Waals surface area contributed by atoms with E-state index < -0.39 is 0 Å². The number of aliphatic imine (C=N–C) groups is 1. The van der Waals surface area contributed by atoms with Crippen LogP contribution in [0.2, 0.25) is 0 Å². The lowest BCUT2D eigenvalue weighted by molar-refractivity contribution is 0.221. The van der Waals surface area contributed by atoms with Crippen molar-refractivity contribution >= 4 is 5.96 Å². The fourth-order valence-electron chi connectivity index (χ4n) is 3.89. The summed E-state index contributed by atoms with van der Waals surface area (Å²) in [6, 6.07) is 14.4. The van der Waals surface area contributed by atoms with E-state index in [1.807, 2.05) is 12.1 Å². The van der Waals surface area contributed by atoms with E-state index in [0.717, 1.165) is 24.6 Å². The van der Waals surface area contributed by atoms with Gasteiger partial charge in [-0.1, -0.05) is 42.8 Å². The average molecular weight is 425 g/mol. The Bertz CT molecular complexity index is 830. The lowest BCUT2D eigenvalue weighted by Gasteiger charge is -2.26. The number of phenols is 1. The highest BCUT2D eigenvalue weighted by Gasteiger charge is 2.10. The molecule has 0 radical (unpaired) electrons. The highest BCUT2D eigenvalue weighted by Crippen LogP contribution is 2.29. The summed E-state index contributed by atoms with van der Waals surface area (Å²) in [5.41, 5.74) is 3.43. The largest absolute Gasteiger partial charge is 0.504 e. The first-order chi connectivity index (χ1) is 15.2. The summed E-state index contributed by atoms with van der Waals surface area (Å²) in [6.07, 6.45) is 4.70. The average Bonchev–Trinajstić information content (AvgIpc) is 2.80. The third-order valence-electron chi connectivity index (χ3n) is 5.63. The van der Waals surface area contributed by atoms with Crippen LogP contribution in [-0.4, -0.2) is 49.3 Å². The normalized spacial score (nSPS) is 15.0. The summed E-state index contributed by atoms with van der Waals surface area (Å²) in [6.45, 7) is 7.63. The molecule has 6 nitrogen and oxygen atoms in total. The van der Waals surface area contributed by atoms with Crippen LogP contribution in [0.1, 0.15) is 42.9 Å². The molecule has 1 aliphatic rings. The van der Waals surface area contributed by atoms with Crippen LogP contribution in [0.5, 0.6) is 11.5 Å². The van der Waals surface area contributed by atoms with Crippen LogP contribution in [0.25, 0.3) is 0 Å². The van der Waals surface area contributed by atoms with Gasteiger partial charge in [-0.3, -0.25) is 4.90 Å². The summed E-state index contributed by atoms with van der Waals surface area (Å²) < 4.78 is 5.18. The number of nitrogens with one attached hydrogen (secondary N) is 2. The lowest BCUT2D eigenvalue weighted by atomic mass is 10.1. The molecular formula is C25H36N4O2. The number of methoxy groups -OCH3 is 1. The third-order valence-corrected chi connectivity index (χ3v) is 5.63. The first-order valence-electron chi connectivity index (χ1n) is 11.4. The maximum Gasteiger partial charge on any atom is 0.191 e. The molecule has 0 atom stereocenters. The van der Waals surface area contributed by atoms with Crippen molar-refractivity contribution in [1.29, 1.82) is 0 Å². The molecule has 0 amide bonds. The molecule has 2 aromatic rings. The van der Waals surface area contributed by atoms with Gasteiger partial charge in [0, 0.05) is 19.6 Å². The van der Waals surface area contributed by atoms with Crippen LogP contribution in [0.3, 0.4) is 0 Å². The number of para-hydroxylation sites is 1. The first kappa shape index (κ1) is 22.9. The minimum atomic E-state index is 0.207. The molecule has 1 aliphatic heterocycles. The van der Waals surface area contributed by atoms with E-state index in [9.17, 15) is 5.11 Å². The number of rotatable bonds is 9. The fourth-order valence-corrected chi connectivity index (χ4v) is 3.89. The first-order valence-corrected chi connectivity index (χ1v) is 11.4. The monoisotopic (exact) mass is 424 g/mol. The second kappa shape index (κ2) is 12.2. The van der Waals surface area contributed by atoms with Gasteiger partial charge in [-0.05, 0) is 62.0 Å². The van der Waals surface area contributed by atoms with E-state index in [1.54, 1.807) is 13.2 Å². The van der Waals surface area contributed by atoms with E-state index in [2.05, 4.69) is 46.7 Å². The van der Waals surface area contributed by atoms with E-state index in [1.165, 1.54) is 43.5 Å².